The number of nitrogens with zero attached hydrogens (tertiary/aromatic N) is 2. The predicted octanol–water partition coefficient (Wildman–Crippen LogP) is 7.38. The molecule has 0 bridgehead atoms. The lowest BCUT2D eigenvalue weighted by atomic mass is 9.72. The number of esters is 1. The van der Waals surface area contributed by atoms with Gasteiger partial charge in [-0.05, 0) is 85.0 Å². The van der Waals surface area contributed by atoms with Gasteiger partial charge >= 0.3 is 12.1 Å². The van der Waals surface area contributed by atoms with Crippen LogP contribution in [0.1, 0.15) is 65.9 Å². The molecular weight excluding hydrogens is 517 g/mol. The standard InChI is InChI=1S/C32H25F3N2O3/c1-31(2,3)40-30(39)19-8-7-18-13-27(37-36-26(18)14-19)25-16-24-21(22-5-4-6-28(38)29(22)25)12-10-17-9-11-20(15-23(17)24)32(33,34)35/h4-5,7-15,25H,6,16H2,1-3H3. The molecular formula is C32H25F3N2O3. The van der Waals surface area contributed by atoms with Crippen LogP contribution in [-0.4, -0.2) is 27.6 Å². The van der Waals surface area contributed by atoms with Crippen LogP contribution in [0.4, 0.5) is 13.2 Å². The first-order chi connectivity index (χ1) is 18.9. The van der Waals surface area contributed by atoms with E-state index >= 15 is 0 Å². The maximum absolute atomic E-state index is 13.6. The molecule has 8 heteroatoms. The summed E-state index contributed by atoms with van der Waals surface area (Å²) in [6, 6.07) is 14.3. The van der Waals surface area contributed by atoms with E-state index in [2.05, 4.69) is 10.2 Å². The molecule has 0 aliphatic heterocycles. The second-order valence-electron chi connectivity index (χ2n) is 11.2. The number of alkyl halides is 3. The van der Waals surface area contributed by atoms with E-state index in [1.54, 1.807) is 51.1 Å². The molecule has 1 atom stereocenters. The zero-order valence-electron chi connectivity index (χ0n) is 22.1. The molecule has 202 valence electrons. The first kappa shape index (κ1) is 25.9. The number of Topliss-reactive ketones (excluding diaryl/α,β-unsaturated/α-hetero) is 1. The minimum absolute atomic E-state index is 0.0422. The van der Waals surface area contributed by atoms with Gasteiger partial charge in [0.15, 0.2) is 5.78 Å². The number of carbonyl (C=O) groups excluding carboxylic acids is 2. The average Bonchev–Trinajstić information content (AvgIpc) is 2.90. The van der Waals surface area contributed by atoms with E-state index in [9.17, 15) is 22.8 Å². The summed E-state index contributed by atoms with van der Waals surface area (Å²) in [4.78, 5) is 25.7. The van der Waals surface area contributed by atoms with Crippen LogP contribution in [0.25, 0.3) is 27.2 Å². The molecule has 1 aromatic heterocycles. The minimum atomic E-state index is -4.47. The molecule has 0 radical (unpaired) electrons. The normalized spacial score (nSPS) is 17.2. The van der Waals surface area contributed by atoms with E-state index in [4.69, 9.17) is 4.74 Å². The first-order valence-corrected chi connectivity index (χ1v) is 13.0. The van der Waals surface area contributed by atoms with Crippen molar-refractivity contribution in [3.63, 3.8) is 0 Å². The SMILES string of the molecule is CC(C)(C)OC(=O)c1ccc2cc(C3Cc4c(ccc5ccc(C(F)(F)F)cc45)C4=C3C(=O)CC=C4)nnc2c1. The molecule has 4 aromatic rings. The van der Waals surface area contributed by atoms with E-state index in [0.29, 0.717) is 45.1 Å². The highest BCUT2D eigenvalue weighted by atomic mass is 19.4. The number of benzene rings is 3. The number of hydrogen-bond acceptors (Lipinski definition) is 5. The van der Waals surface area contributed by atoms with Gasteiger partial charge in [-0.2, -0.15) is 23.4 Å². The van der Waals surface area contributed by atoms with Crippen LogP contribution in [0, 0.1) is 0 Å². The number of fused-ring (bicyclic) bond motifs is 5. The van der Waals surface area contributed by atoms with Crippen molar-refractivity contribution >= 4 is 39.0 Å². The summed E-state index contributed by atoms with van der Waals surface area (Å²) in [5, 5.41) is 10.7. The Bertz CT molecular complexity index is 1800. The third-order valence-electron chi connectivity index (χ3n) is 7.28. The molecule has 40 heavy (non-hydrogen) atoms. The Morgan fingerprint density at radius 2 is 1.70 bits per heavy atom. The third kappa shape index (κ3) is 4.57. The van der Waals surface area contributed by atoms with E-state index in [1.165, 1.54) is 12.1 Å². The van der Waals surface area contributed by atoms with Crippen molar-refractivity contribution in [1.29, 1.82) is 0 Å². The van der Waals surface area contributed by atoms with Crippen LogP contribution in [0.3, 0.4) is 0 Å². The number of allylic oxidation sites excluding steroid dienone is 4. The summed E-state index contributed by atoms with van der Waals surface area (Å²) >= 11 is 0. The molecule has 0 saturated heterocycles. The van der Waals surface area contributed by atoms with Crippen molar-refractivity contribution in [3.8, 4) is 0 Å². The number of ketones is 1. The van der Waals surface area contributed by atoms with Crippen LogP contribution >= 0.6 is 0 Å². The number of rotatable bonds is 2. The van der Waals surface area contributed by atoms with Crippen LogP contribution in [0.5, 0.6) is 0 Å². The Kier molecular flexibility index (Phi) is 5.91. The van der Waals surface area contributed by atoms with Crippen LogP contribution in [0.2, 0.25) is 0 Å². The van der Waals surface area contributed by atoms with Gasteiger partial charge in [-0.25, -0.2) is 4.79 Å². The lowest BCUT2D eigenvalue weighted by molar-refractivity contribution is -0.137. The van der Waals surface area contributed by atoms with E-state index in [1.807, 2.05) is 18.2 Å². The molecule has 5 nitrogen and oxygen atoms in total. The summed E-state index contributed by atoms with van der Waals surface area (Å²) in [6.45, 7) is 5.37. The topological polar surface area (TPSA) is 69.2 Å². The predicted molar refractivity (Wildman–Crippen MR) is 146 cm³/mol. The lowest BCUT2D eigenvalue weighted by Crippen LogP contribution is -2.24. The van der Waals surface area contributed by atoms with Crippen molar-refractivity contribution < 1.29 is 27.5 Å². The highest BCUT2D eigenvalue weighted by molar-refractivity contribution is 6.11. The van der Waals surface area contributed by atoms with Crippen molar-refractivity contribution in [2.45, 2.75) is 51.3 Å². The summed E-state index contributed by atoms with van der Waals surface area (Å²) in [6.07, 6.45) is -0.256. The molecule has 1 heterocycles. The number of carbonyl (C=O) groups is 2. The molecule has 2 aliphatic carbocycles. The number of hydrogen-bond donors (Lipinski definition) is 0. The molecule has 6 rings (SSSR count). The Hall–Kier alpha value is -4.33. The Balaban J connectivity index is 1.47. The van der Waals surface area contributed by atoms with E-state index in [-0.39, 0.29) is 12.2 Å². The fourth-order valence-electron chi connectivity index (χ4n) is 5.53. The smallest absolute Gasteiger partial charge is 0.416 e. The molecule has 0 N–H and O–H groups in total. The first-order valence-electron chi connectivity index (χ1n) is 13.0. The molecule has 1 unspecified atom stereocenters. The fraction of sp³-hybridized carbons (Fsp3) is 0.250. The lowest BCUT2D eigenvalue weighted by Gasteiger charge is -2.31. The minimum Gasteiger partial charge on any atom is -0.456 e. The maximum Gasteiger partial charge on any atom is 0.416 e. The zero-order chi connectivity index (χ0) is 28.4. The van der Waals surface area contributed by atoms with Gasteiger partial charge in [0.05, 0.1) is 22.3 Å². The van der Waals surface area contributed by atoms with Gasteiger partial charge in [-0.1, -0.05) is 36.4 Å². The van der Waals surface area contributed by atoms with Gasteiger partial charge in [0.2, 0.25) is 0 Å². The zero-order valence-corrected chi connectivity index (χ0v) is 22.1. The van der Waals surface area contributed by atoms with E-state index < -0.39 is 29.2 Å². The monoisotopic (exact) mass is 542 g/mol. The number of ether oxygens (including phenoxy) is 1. The highest BCUT2D eigenvalue weighted by Crippen LogP contribution is 2.46. The molecule has 0 fully saturated rings. The summed E-state index contributed by atoms with van der Waals surface area (Å²) in [5.74, 6) is -0.995. The van der Waals surface area contributed by atoms with Crippen molar-refractivity contribution in [1.82, 2.24) is 10.2 Å². The molecule has 0 spiro atoms. The fourth-order valence-corrected chi connectivity index (χ4v) is 5.53. The highest BCUT2D eigenvalue weighted by Gasteiger charge is 2.36. The Morgan fingerprint density at radius 1 is 0.950 bits per heavy atom. The van der Waals surface area contributed by atoms with Crippen LogP contribution < -0.4 is 0 Å². The Labute approximate surface area is 228 Å². The number of aromatic nitrogens is 2. The van der Waals surface area contributed by atoms with Gasteiger partial charge in [-0.15, -0.1) is 0 Å². The summed E-state index contributed by atoms with van der Waals surface area (Å²) in [7, 11) is 0. The third-order valence-corrected chi connectivity index (χ3v) is 7.28. The summed E-state index contributed by atoms with van der Waals surface area (Å²) < 4.78 is 46.3. The molecule has 3 aromatic carbocycles. The van der Waals surface area contributed by atoms with Gasteiger partial charge in [-0.3, -0.25) is 4.79 Å². The number of halogens is 3. The van der Waals surface area contributed by atoms with Gasteiger partial charge in [0.25, 0.3) is 0 Å². The quantitative estimate of drug-likeness (QED) is 0.247. The van der Waals surface area contributed by atoms with Crippen molar-refractivity contribution in [3.05, 3.63) is 100 Å². The van der Waals surface area contributed by atoms with Gasteiger partial charge < -0.3 is 4.74 Å². The molecule has 0 amide bonds. The maximum atomic E-state index is 13.6. The van der Waals surface area contributed by atoms with Gasteiger partial charge in [0.1, 0.15) is 5.60 Å². The largest absolute Gasteiger partial charge is 0.456 e. The van der Waals surface area contributed by atoms with Crippen molar-refractivity contribution in [2.24, 2.45) is 0 Å². The second-order valence-corrected chi connectivity index (χ2v) is 11.2. The Morgan fingerprint density at radius 3 is 2.45 bits per heavy atom. The molecule has 2 aliphatic rings. The van der Waals surface area contributed by atoms with Crippen LogP contribution in [-0.2, 0) is 22.1 Å². The van der Waals surface area contributed by atoms with E-state index in [0.717, 1.165) is 22.6 Å². The molecule has 0 saturated carbocycles. The van der Waals surface area contributed by atoms with Crippen molar-refractivity contribution in [2.75, 3.05) is 0 Å². The second kappa shape index (κ2) is 9.11. The van der Waals surface area contributed by atoms with Crippen LogP contribution in [0.15, 0.2) is 72.3 Å². The van der Waals surface area contributed by atoms with Gasteiger partial charge in [0, 0.05) is 23.3 Å². The summed E-state index contributed by atoms with van der Waals surface area (Å²) in [5.41, 5.74) is 2.84. The average molecular weight is 543 g/mol.